The molecule has 1 amide bonds. The van der Waals surface area contributed by atoms with Gasteiger partial charge in [0.05, 0.1) is 12.5 Å². The lowest BCUT2D eigenvalue weighted by Crippen LogP contribution is -2.47. The number of carbonyl (C=O) groups is 2. The molecule has 29 heavy (non-hydrogen) atoms. The van der Waals surface area contributed by atoms with Crippen molar-refractivity contribution in [3.8, 4) is 0 Å². The molecule has 0 radical (unpaired) electrons. The first-order valence-electron chi connectivity index (χ1n) is 9.81. The Bertz CT molecular complexity index is 1070. The van der Waals surface area contributed by atoms with Gasteiger partial charge in [0.2, 0.25) is 0 Å². The number of nitrogens with zero attached hydrogens (tertiary/aromatic N) is 2. The molecule has 2 atom stereocenters. The first-order chi connectivity index (χ1) is 14.0. The van der Waals surface area contributed by atoms with Gasteiger partial charge in [-0.2, -0.15) is 0 Å². The summed E-state index contributed by atoms with van der Waals surface area (Å²) < 4.78 is 16.1. The van der Waals surface area contributed by atoms with Gasteiger partial charge in [-0.05, 0) is 38.0 Å². The molecule has 4 rings (SSSR count). The molecule has 1 N–H and O–H groups in total. The van der Waals surface area contributed by atoms with E-state index in [4.69, 9.17) is 0 Å². The molecule has 0 bridgehead atoms. The second kappa shape index (κ2) is 7.70. The molecule has 1 fully saturated rings. The zero-order valence-corrected chi connectivity index (χ0v) is 16.2. The number of likely N-dealkylation sites (tertiary alicyclic amines) is 1. The van der Waals surface area contributed by atoms with Crippen molar-refractivity contribution < 1.29 is 19.1 Å². The first-order valence-corrected chi connectivity index (χ1v) is 9.81. The van der Waals surface area contributed by atoms with E-state index in [1.807, 2.05) is 41.8 Å². The third-order valence-electron chi connectivity index (χ3n) is 5.81. The summed E-state index contributed by atoms with van der Waals surface area (Å²) in [7, 11) is 0. The predicted octanol–water partition coefficient (Wildman–Crippen LogP) is 4.15. The van der Waals surface area contributed by atoms with Gasteiger partial charge < -0.3 is 14.6 Å². The van der Waals surface area contributed by atoms with Crippen LogP contribution in [0.25, 0.3) is 10.9 Å². The molecule has 1 aliphatic rings. The van der Waals surface area contributed by atoms with E-state index in [9.17, 15) is 19.1 Å². The lowest BCUT2D eigenvalue weighted by molar-refractivity contribution is -0.143. The number of aromatic nitrogens is 1. The van der Waals surface area contributed by atoms with Crippen LogP contribution in [-0.2, 0) is 11.3 Å². The maximum absolute atomic E-state index is 14.3. The molecule has 6 heteroatoms. The first kappa shape index (κ1) is 19.2. The molecular formula is C23H23FN2O3. The van der Waals surface area contributed by atoms with Gasteiger partial charge in [-0.25, -0.2) is 4.39 Å². The van der Waals surface area contributed by atoms with Crippen molar-refractivity contribution in [2.24, 2.45) is 5.92 Å². The number of aliphatic carboxylic acids is 1. The van der Waals surface area contributed by atoms with Crippen molar-refractivity contribution in [3.05, 3.63) is 71.7 Å². The van der Waals surface area contributed by atoms with E-state index in [0.717, 1.165) is 10.9 Å². The summed E-state index contributed by atoms with van der Waals surface area (Å²) in [6, 6.07) is 15.9. The van der Waals surface area contributed by atoms with Gasteiger partial charge in [-0.15, -0.1) is 0 Å². The van der Waals surface area contributed by atoms with Gasteiger partial charge in [-0.3, -0.25) is 9.59 Å². The molecular weight excluding hydrogens is 371 g/mol. The van der Waals surface area contributed by atoms with Gasteiger partial charge in [0.25, 0.3) is 5.91 Å². The smallest absolute Gasteiger partial charge is 0.308 e. The number of amides is 1. The fourth-order valence-corrected chi connectivity index (χ4v) is 4.09. The maximum Gasteiger partial charge on any atom is 0.308 e. The monoisotopic (exact) mass is 394 g/mol. The van der Waals surface area contributed by atoms with E-state index >= 15 is 0 Å². The summed E-state index contributed by atoms with van der Waals surface area (Å²) in [5, 5.41) is 10.3. The Hall–Kier alpha value is -3.15. The van der Waals surface area contributed by atoms with Crippen LogP contribution in [0.5, 0.6) is 0 Å². The number of para-hydroxylation sites is 1. The molecule has 150 valence electrons. The minimum atomic E-state index is -0.874. The van der Waals surface area contributed by atoms with Crippen LogP contribution in [0.3, 0.4) is 0 Å². The Labute approximate surface area is 168 Å². The number of hydrogen-bond acceptors (Lipinski definition) is 2. The molecule has 1 aliphatic heterocycles. The number of carboxylic acids is 1. The van der Waals surface area contributed by atoms with Crippen LogP contribution in [-0.4, -0.2) is 39.0 Å². The highest BCUT2D eigenvalue weighted by Gasteiger charge is 2.34. The molecule has 2 aromatic carbocycles. The molecule has 2 unspecified atom stereocenters. The second-order valence-electron chi connectivity index (χ2n) is 7.68. The van der Waals surface area contributed by atoms with Gasteiger partial charge >= 0.3 is 5.97 Å². The largest absolute Gasteiger partial charge is 0.481 e. The highest BCUT2D eigenvalue weighted by atomic mass is 19.1. The number of halogens is 1. The second-order valence-corrected chi connectivity index (χ2v) is 7.68. The zero-order chi connectivity index (χ0) is 20.5. The fraction of sp³-hybridized carbons (Fsp3) is 0.304. The van der Waals surface area contributed by atoms with Crippen LogP contribution in [0.1, 0.15) is 35.8 Å². The average molecular weight is 394 g/mol. The SMILES string of the molecule is CC1CCC(C(=O)O)CN1C(=O)c1cc2ccccc2n1Cc1ccccc1F. The van der Waals surface area contributed by atoms with Crippen LogP contribution in [0.15, 0.2) is 54.6 Å². The topological polar surface area (TPSA) is 62.5 Å². The summed E-state index contributed by atoms with van der Waals surface area (Å²) in [5.41, 5.74) is 1.80. The van der Waals surface area contributed by atoms with Crippen molar-refractivity contribution in [2.45, 2.75) is 32.4 Å². The normalized spacial score (nSPS) is 19.4. The van der Waals surface area contributed by atoms with Gasteiger partial charge in [0.15, 0.2) is 0 Å². The minimum Gasteiger partial charge on any atom is -0.481 e. The van der Waals surface area contributed by atoms with Gasteiger partial charge in [0, 0.05) is 29.1 Å². The number of piperidine rings is 1. The number of benzene rings is 2. The zero-order valence-electron chi connectivity index (χ0n) is 16.2. The van der Waals surface area contributed by atoms with Gasteiger partial charge in [-0.1, -0.05) is 36.4 Å². The number of rotatable bonds is 4. The highest BCUT2D eigenvalue weighted by molar-refractivity contribution is 5.99. The number of carboxylic acid groups (broad SMARTS) is 1. The summed E-state index contributed by atoms with van der Waals surface area (Å²) in [4.78, 5) is 26.6. The van der Waals surface area contributed by atoms with Crippen molar-refractivity contribution in [1.29, 1.82) is 0 Å². The summed E-state index contributed by atoms with van der Waals surface area (Å²) >= 11 is 0. The van der Waals surface area contributed by atoms with Crippen molar-refractivity contribution >= 4 is 22.8 Å². The lowest BCUT2D eigenvalue weighted by Gasteiger charge is -2.36. The van der Waals surface area contributed by atoms with E-state index in [0.29, 0.717) is 24.1 Å². The quantitative estimate of drug-likeness (QED) is 0.723. The Kier molecular flexibility index (Phi) is 5.09. The van der Waals surface area contributed by atoms with Crippen molar-refractivity contribution in [3.63, 3.8) is 0 Å². The van der Waals surface area contributed by atoms with Crippen LogP contribution in [0.2, 0.25) is 0 Å². The molecule has 1 aromatic heterocycles. The van der Waals surface area contributed by atoms with E-state index in [-0.39, 0.29) is 30.9 Å². The highest BCUT2D eigenvalue weighted by Crippen LogP contribution is 2.27. The molecule has 1 saturated heterocycles. The minimum absolute atomic E-state index is 0.0435. The van der Waals surface area contributed by atoms with Crippen LogP contribution in [0, 0.1) is 11.7 Å². The molecule has 0 spiro atoms. The Balaban J connectivity index is 1.76. The van der Waals surface area contributed by atoms with Crippen LogP contribution >= 0.6 is 0 Å². The van der Waals surface area contributed by atoms with Crippen LogP contribution in [0.4, 0.5) is 4.39 Å². The third kappa shape index (κ3) is 3.62. The molecule has 0 saturated carbocycles. The molecule has 0 aliphatic carbocycles. The average Bonchev–Trinajstić information content (AvgIpc) is 3.08. The van der Waals surface area contributed by atoms with E-state index < -0.39 is 11.9 Å². The molecule has 3 aromatic rings. The Morgan fingerprint density at radius 3 is 2.59 bits per heavy atom. The summed E-state index contributed by atoms with van der Waals surface area (Å²) in [6.07, 6.45) is 1.22. The predicted molar refractivity (Wildman–Crippen MR) is 108 cm³/mol. The maximum atomic E-state index is 14.3. The fourth-order valence-electron chi connectivity index (χ4n) is 4.09. The van der Waals surface area contributed by atoms with Crippen molar-refractivity contribution in [2.75, 3.05) is 6.54 Å². The third-order valence-corrected chi connectivity index (χ3v) is 5.81. The van der Waals surface area contributed by atoms with E-state index in [2.05, 4.69) is 0 Å². The summed E-state index contributed by atoms with van der Waals surface area (Å²) in [5.74, 6) is -1.96. The number of fused-ring (bicyclic) bond motifs is 1. The Morgan fingerprint density at radius 1 is 1.10 bits per heavy atom. The van der Waals surface area contributed by atoms with E-state index in [1.165, 1.54) is 6.07 Å². The van der Waals surface area contributed by atoms with Gasteiger partial charge in [0.1, 0.15) is 11.5 Å². The number of carbonyl (C=O) groups excluding carboxylic acids is 1. The van der Waals surface area contributed by atoms with E-state index in [1.54, 1.807) is 23.1 Å². The Morgan fingerprint density at radius 2 is 1.83 bits per heavy atom. The van der Waals surface area contributed by atoms with Crippen molar-refractivity contribution in [1.82, 2.24) is 9.47 Å². The lowest BCUT2D eigenvalue weighted by atomic mass is 9.93. The number of hydrogen-bond donors (Lipinski definition) is 1. The standard InChI is InChI=1S/C23H23FN2O3/c1-15-10-11-18(23(28)29)14-25(15)22(27)21-12-16-6-3-5-9-20(16)26(21)13-17-7-2-4-8-19(17)24/h2-9,12,15,18H,10-11,13-14H2,1H3,(H,28,29). The molecule has 2 heterocycles. The van der Waals surface area contributed by atoms with Crippen LogP contribution < -0.4 is 0 Å². The summed E-state index contributed by atoms with van der Waals surface area (Å²) in [6.45, 7) is 2.36. The molecule has 5 nitrogen and oxygen atoms in total.